The van der Waals surface area contributed by atoms with Crippen LogP contribution in [0.2, 0.25) is 5.02 Å². The molecule has 0 aliphatic rings. The molecule has 152 valence electrons. The number of nitrogens with one attached hydrogen (secondary N) is 1. The van der Waals surface area contributed by atoms with E-state index < -0.39 is 10.0 Å². The Bertz CT molecular complexity index is 897. The van der Waals surface area contributed by atoms with Crippen LogP contribution in [0.25, 0.3) is 0 Å². The Labute approximate surface area is 172 Å². The quantitative estimate of drug-likeness (QED) is 0.625. The van der Waals surface area contributed by atoms with Gasteiger partial charge in [0, 0.05) is 13.1 Å². The van der Waals surface area contributed by atoms with Gasteiger partial charge in [0.05, 0.1) is 21.5 Å². The average Bonchev–Trinajstić information content (AvgIpc) is 2.69. The molecule has 28 heavy (non-hydrogen) atoms. The minimum absolute atomic E-state index is 0.114. The number of hydrogen-bond acceptors (Lipinski definition) is 3. The van der Waals surface area contributed by atoms with Gasteiger partial charge in [0.15, 0.2) is 0 Å². The molecular formula is C21H27ClN2O3S. The molecule has 0 aliphatic carbocycles. The third-order valence-corrected chi connectivity index (χ3v) is 7.01. The summed E-state index contributed by atoms with van der Waals surface area (Å²) in [5, 5.41) is 3.13. The van der Waals surface area contributed by atoms with Crippen LogP contribution in [0.5, 0.6) is 0 Å². The molecule has 1 atom stereocenters. The summed E-state index contributed by atoms with van der Waals surface area (Å²) >= 11 is 6.24. The number of rotatable bonds is 9. The van der Waals surface area contributed by atoms with Crippen LogP contribution in [0.3, 0.4) is 0 Å². The summed E-state index contributed by atoms with van der Waals surface area (Å²) in [5.41, 5.74) is 1.22. The molecule has 1 amide bonds. The highest BCUT2D eigenvalue weighted by Gasteiger charge is 2.24. The fourth-order valence-corrected chi connectivity index (χ4v) is 4.77. The molecule has 1 unspecified atom stereocenters. The Morgan fingerprint density at radius 3 is 2.29 bits per heavy atom. The van der Waals surface area contributed by atoms with Gasteiger partial charge >= 0.3 is 0 Å². The number of nitrogens with zero attached hydrogens (tertiary/aromatic N) is 1. The zero-order valence-electron chi connectivity index (χ0n) is 16.5. The predicted octanol–water partition coefficient (Wildman–Crippen LogP) is 4.89. The van der Waals surface area contributed by atoms with Crippen molar-refractivity contribution in [1.82, 2.24) is 4.31 Å². The highest BCUT2D eigenvalue weighted by atomic mass is 35.5. The number of hydrogen-bond donors (Lipinski definition) is 1. The molecule has 2 rings (SSSR count). The second kappa shape index (κ2) is 10.0. The lowest BCUT2D eigenvalue weighted by Crippen LogP contribution is -2.30. The van der Waals surface area contributed by atoms with Crippen LogP contribution in [-0.2, 0) is 14.8 Å². The zero-order chi connectivity index (χ0) is 20.7. The smallest absolute Gasteiger partial charge is 0.243 e. The number of carbonyl (C=O) groups is 1. The lowest BCUT2D eigenvalue weighted by molar-refractivity contribution is -0.117. The summed E-state index contributed by atoms with van der Waals surface area (Å²) < 4.78 is 26.9. The normalized spacial score (nSPS) is 12.8. The van der Waals surface area contributed by atoms with Gasteiger partial charge in [-0.15, -0.1) is 0 Å². The Morgan fingerprint density at radius 2 is 1.71 bits per heavy atom. The lowest BCUT2D eigenvalue weighted by Gasteiger charge is -2.20. The largest absolute Gasteiger partial charge is 0.324 e. The molecule has 7 heteroatoms. The van der Waals surface area contributed by atoms with E-state index in [1.165, 1.54) is 22.5 Å². The molecule has 0 aliphatic heterocycles. The molecule has 0 radical (unpaired) electrons. The van der Waals surface area contributed by atoms with Gasteiger partial charge in [-0.3, -0.25) is 4.79 Å². The summed E-state index contributed by atoms with van der Waals surface area (Å²) in [4.78, 5) is 13.0. The Morgan fingerprint density at radius 1 is 1.07 bits per heavy atom. The second-order valence-corrected chi connectivity index (χ2v) is 8.82. The topological polar surface area (TPSA) is 66.5 Å². The van der Waals surface area contributed by atoms with E-state index in [0.717, 1.165) is 12.0 Å². The monoisotopic (exact) mass is 422 g/mol. The molecule has 0 saturated heterocycles. The molecule has 2 aromatic rings. The number of halogens is 1. The summed E-state index contributed by atoms with van der Waals surface area (Å²) in [6.45, 7) is 6.34. The Kier molecular flexibility index (Phi) is 8.04. The van der Waals surface area contributed by atoms with Crippen molar-refractivity contribution in [1.29, 1.82) is 0 Å². The first kappa shape index (κ1) is 22.4. The summed E-state index contributed by atoms with van der Waals surface area (Å²) in [6, 6.07) is 13.9. The van der Waals surface area contributed by atoms with Crippen molar-refractivity contribution in [3.8, 4) is 0 Å². The first-order chi connectivity index (χ1) is 13.3. The van der Waals surface area contributed by atoms with E-state index in [1.807, 2.05) is 37.3 Å². The molecule has 1 N–H and O–H groups in total. The van der Waals surface area contributed by atoms with E-state index in [0.29, 0.717) is 30.2 Å². The predicted molar refractivity (Wildman–Crippen MR) is 114 cm³/mol. The van der Waals surface area contributed by atoms with E-state index in [-0.39, 0.29) is 16.7 Å². The van der Waals surface area contributed by atoms with Crippen LogP contribution in [0, 0.1) is 0 Å². The maximum absolute atomic E-state index is 12.9. The van der Waals surface area contributed by atoms with Crippen molar-refractivity contribution in [2.24, 2.45) is 0 Å². The van der Waals surface area contributed by atoms with E-state index in [2.05, 4.69) is 5.32 Å². The van der Waals surface area contributed by atoms with Crippen LogP contribution in [0.1, 0.15) is 45.1 Å². The fourth-order valence-electron chi connectivity index (χ4n) is 3.12. The van der Waals surface area contributed by atoms with E-state index in [9.17, 15) is 13.2 Å². The van der Waals surface area contributed by atoms with Crippen molar-refractivity contribution in [3.05, 3.63) is 59.1 Å². The standard InChI is InChI=1S/C21H27ClN2O3S/c1-4-10-18(16-11-8-7-9-12-16)21(25)23-20-15-17(13-14-19(20)22)28(26,27)24(5-2)6-3/h7-9,11-15,18H,4-6,10H2,1-3H3,(H,23,25). The molecular weight excluding hydrogens is 396 g/mol. The Balaban J connectivity index is 2.33. The fraction of sp³-hybridized carbons (Fsp3) is 0.381. The minimum Gasteiger partial charge on any atom is -0.324 e. The van der Waals surface area contributed by atoms with Crippen LogP contribution < -0.4 is 5.32 Å². The minimum atomic E-state index is -3.64. The number of carbonyl (C=O) groups excluding carboxylic acids is 1. The number of benzene rings is 2. The molecule has 0 heterocycles. The summed E-state index contributed by atoms with van der Waals surface area (Å²) in [7, 11) is -3.64. The van der Waals surface area contributed by atoms with Crippen LogP contribution in [0.15, 0.2) is 53.4 Å². The third kappa shape index (κ3) is 5.13. The number of amides is 1. The van der Waals surface area contributed by atoms with Gasteiger partial charge in [-0.25, -0.2) is 8.42 Å². The molecule has 2 aromatic carbocycles. The molecule has 0 aromatic heterocycles. The van der Waals surface area contributed by atoms with Crippen LogP contribution >= 0.6 is 11.6 Å². The molecule has 0 saturated carbocycles. The molecule has 0 bridgehead atoms. The van der Waals surface area contributed by atoms with E-state index in [4.69, 9.17) is 11.6 Å². The van der Waals surface area contributed by atoms with Crippen molar-refractivity contribution in [3.63, 3.8) is 0 Å². The van der Waals surface area contributed by atoms with Gasteiger partial charge in [0.1, 0.15) is 0 Å². The maximum atomic E-state index is 12.9. The van der Waals surface area contributed by atoms with Crippen molar-refractivity contribution in [2.45, 2.75) is 44.4 Å². The maximum Gasteiger partial charge on any atom is 0.243 e. The van der Waals surface area contributed by atoms with E-state index >= 15 is 0 Å². The van der Waals surface area contributed by atoms with Gasteiger partial charge < -0.3 is 5.32 Å². The Hall–Kier alpha value is -1.89. The molecule has 0 spiro atoms. The van der Waals surface area contributed by atoms with Crippen LogP contribution in [-0.4, -0.2) is 31.7 Å². The van der Waals surface area contributed by atoms with Gasteiger partial charge in [0.25, 0.3) is 0 Å². The average molecular weight is 423 g/mol. The van der Waals surface area contributed by atoms with Gasteiger partial charge in [-0.1, -0.05) is 69.1 Å². The summed E-state index contributed by atoms with van der Waals surface area (Å²) in [5.74, 6) is -0.530. The lowest BCUT2D eigenvalue weighted by atomic mass is 9.93. The van der Waals surface area contributed by atoms with Crippen molar-refractivity contribution in [2.75, 3.05) is 18.4 Å². The zero-order valence-corrected chi connectivity index (χ0v) is 18.1. The van der Waals surface area contributed by atoms with E-state index in [1.54, 1.807) is 13.8 Å². The molecule has 0 fully saturated rings. The summed E-state index contributed by atoms with van der Waals surface area (Å²) in [6.07, 6.45) is 1.53. The van der Waals surface area contributed by atoms with Crippen molar-refractivity contribution < 1.29 is 13.2 Å². The van der Waals surface area contributed by atoms with Crippen molar-refractivity contribution >= 4 is 33.2 Å². The second-order valence-electron chi connectivity index (χ2n) is 6.47. The first-order valence-electron chi connectivity index (χ1n) is 9.50. The number of anilines is 1. The molecule has 5 nitrogen and oxygen atoms in total. The van der Waals surface area contributed by atoms with Gasteiger partial charge in [-0.05, 0) is 30.2 Å². The van der Waals surface area contributed by atoms with Crippen LogP contribution in [0.4, 0.5) is 5.69 Å². The SMILES string of the molecule is CCCC(C(=O)Nc1cc(S(=O)(=O)N(CC)CC)ccc1Cl)c1ccccc1. The third-order valence-electron chi connectivity index (χ3n) is 4.63. The van der Waals surface area contributed by atoms with Gasteiger partial charge in [-0.2, -0.15) is 4.31 Å². The number of sulfonamides is 1. The highest BCUT2D eigenvalue weighted by Crippen LogP contribution is 2.29. The first-order valence-corrected chi connectivity index (χ1v) is 11.3. The van der Waals surface area contributed by atoms with Gasteiger partial charge in [0.2, 0.25) is 15.9 Å². The highest BCUT2D eigenvalue weighted by molar-refractivity contribution is 7.89.